The van der Waals surface area contributed by atoms with Crippen LogP contribution in [-0.2, 0) is 17.8 Å². The van der Waals surface area contributed by atoms with E-state index in [1.54, 1.807) is 12.3 Å². The summed E-state index contributed by atoms with van der Waals surface area (Å²) in [5, 5.41) is 4.59. The van der Waals surface area contributed by atoms with Crippen LogP contribution in [0.4, 0.5) is 11.5 Å². The van der Waals surface area contributed by atoms with Gasteiger partial charge in [-0.1, -0.05) is 36.1 Å². The number of aromatic nitrogens is 3. The lowest BCUT2D eigenvalue weighted by atomic mass is 9.81. The SMILES string of the molecule is C=CC(=O)Cc1cc2c(Nc3ccc(OCc4ccccn4)c(Cl)c3)ncnc2cc1C#CC1(C)CCN(C)CC1. The molecule has 2 aromatic heterocycles. The first-order valence-electron chi connectivity index (χ1n) is 13.6. The predicted molar refractivity (Wildman–Crippen MR) is 163 cm³/mol. The number of piperidine rings is 1. The van der Waals surface area contributed by atoms with Gasteiger partial charge in [0.15, 0.2) is 5.78 Å². The fourth-order valence-electron chi connectivity index (χ4n) is 4.69. The van der Waals surface area contributed by atoms with Crippen molar-refractivity contribution in [2.75, 3.05) is 25.5 Å². The third kappa shape index (κ3) is 7.10. The van der Waals surface area contributed by atoms with Crippen molar-refractivity contribution in [1.29, 1.82) is 0 Å². The molecule has 41 heavy (non-hydrogen) atoms. The van der Waals surface area contributed by atoms with Crippen molar-refractivity contribution in [3.63, 3.8) is 0 Å². The van der Waals surface area contributed by atoms with E-state index in [1.807, 2.05) is 42.5 Å². The van der Waals surface area contributed by atoms with Crippen molar-refractivity contribution in [1.82, 2.24) is 19.9 Å². The van der Waals surface area contributed by atoms with Crippen molar-refractivity contribution in [3.05, 3.63) is 95.6 Å². The van der Waals surface area contributed by atoms with Gasteiger partial charge in [0.1, 0.15) is 24.5 Å². The first kappa shape index (κ1) is 28.3. The molecule has 3 heterocycles. The summed E-state index contributed by atoms with van der Waals surface area (Å²) in [4.78, 5) is 28.0. The molecule has 1 aliphatic heterocycles. The van der Waals surface area contributed by atoms with Crippen molar-refractivity contribution >= 4 is 39.8 Å². The van der Waals surface area contributed by atoms with E-state index >= 15 is 0 Å². The highest BCUT2D eigenvalue weighted by Gasteiger charge is 2.26. The summed E-state index contributed by atoms with van der Waals surface area (Å²) in [7, 11) is 2.14. The van der Waals surface area contributed by atoms with Gasteiger partial charge in [-0.05, 0) is 94.0 Å². The molecule has 1 aliphatic rings. The molecule has 0 amide bonds. The summed E-state index contributed by atoms with van der Waals surface area (Å²) >= 11 is 6.53. The molecule has 1 saturated heterocycles. The van der Waals surface area contributed by atoms with Gasteiger partial charge in [-0.25, -0.2) is 9.97 Å². The van der Waals surface area contributed by atoms with E-state index in [0.717, 1.165) is 59.3 Å². The molecule has 1 fully saturated rings. The first-order valence-corrected chi connectivity index (χ1v) is 13.9. The molecule has 1 N–H and O–H groups in total. The molecular weight excluding hydrogens is 534 g/mol. The van der Waals surface area contributed by atoms with Crippen molar-refractivity contribution < 1.29 is 9.53 Å². The highest BCUT2D eigenvalue weighted by Crippen LogP contribution is 2.33. The third-order valence-electron chi connectivity index (χ3n) is 7.34. The average molecular weight is 566 g/mol. The van der Waals surface area contributed by atoms with E-state index in [-0.39, 0.29) is 17.6 Å². The Morgan fingerprint density at radius 1 is 1.17 bits per heavy atom. The van der Waals surface area contributed by atoms with E-state index in [9.17, 15) is 4.79 Å². The fourth-order valence-corrected chi connectivity index (χ4v) is 4.93. The quantitative estimate of drug-likeness (QED) is 0.196. The van der Waals surface area contributed by atoms with Crippen molar-refractivity contribution in [3.8, 4) is 17.6 Å². The maximum absolute atomic E-state index is 12.4. The van der Waals surface area contributed by atoms with Crippen LogP contribution >= 0.6 is 11.6 Å². The average Bonchev–Trinajstić information content (AvgIpc) is 2.98. The van der Waals surface area contributed by atoms with Crippen LogP contribution in [0.2, 0.25) is 5.02 Å². The Bertz CT molecular complexity index is 1640. The van der Waals surface area contributed by atoms with E-state index in [0.29, 0.717) is 23.2 Å². The number of nitrogens with zero attached hydrogens (tertiary/aromatic N) is 4. The number of anilines is 2. The summed E-state index contributed by atoms with van der Waals surface area (Å²) in [6.07, 6.45) is 6.81. The van der Waals surface area contributed by atoms with Gasteiger partial charge in [0.05, 0.1) is 16.2 Å². The molecule has 208 valence electrons. The second-order valence-electron chi connectivity index (χ2n) is 10.6. The minimum atomic E-state index is -0.0719. The highest BCUT2D eigenvalue weighted by molar-refractivity contribution is 6.32. The van der Waals surface area contributed by atoms with Crippen LogP contribution < -0.4 is 10.1 Å². The van der Waals surface area contributed by atoms with Crippen molar-refractivity contribution in [2.45, 2.75) is 32.8 Å². The molecule has 0 unspecified atom stereocenters. The van der Waals surface area contributed by atoms with Crippen LogP contribution in [0.5, 0.6) is 5.75 Å². The second-order valence-corrected chi connectivity index (χ2v) is 11.0. The van der Waals surface area contributed by atoms with E-state index < -0.39 is 0 Å². The molecule has 7 nitrogen and oxygen atoms in total. The number of rotatable bonds is 8. The summed E-state index contributed by atoms with van der Waals surface area (Å²) < 4.78 is 5.85. The topological polar surface area (TPSA) is 80.2 Å². The smallest absolute Gasteiger partial charge is 0.159 e. The van der Waals surface area contributed by atoms with Crippen LogP contribution in [-0.4, -0.2) is 45.8 Å². The Morgan fingerprint density at radius 3 is 2.73 bits per heavy atom. The fraction of sp³-hybridized carbons (Fsp3) is 0.273. The Kier molecular flexibility index (Phi) is 8.63. The van der Waals surface area contributed by atoms with Crippen LogP contribution in [0.15, 0.2) is 73.7 Å². The van der Waals surface area contributed by atoms with Crippen LogP contribution in [0, 0.1) is 17.3 Å². The van der Waals surface area contributed by atoms with Crippen molar-refractivity contribution in [2.24, 2.45) is 5.41 Å². The molecule has 0 aliphatic carbocycles. The lowest BCUT2D eigenvalue weighted by Gasteiger charge is -2.33. The van der Waals surface area contributed by atoms with Gasteiger partial charge in [0.25, 0.3) is 0 Å². The number of likely N-dealkylation sites (tertiary alicyclic amines) is 1. The largest absolute Gasteiger partial charge is 0.486 e. The maximum Gasteiger partial charge on any atom is 0.159 e. The third-order valence-corrected chi connectivity index (χ3v) is 7.63. The number of benzene rings is 2. The molecule has 0 radical (unpaired) electrons. The van der Waals surface area contributed by atoms with Gasteiger partial charge in [0, 0.05) is 34.7 Å². The lowest BCUT2D eigenvalue weighted by Crippen LogP contribution is -2.35. The maximum atomic E-state index is 12.4. The van der Waals surface area contributed by atoms with E-state index in [4.69, 9.17) is 16.3 Å². The van der Waals surface area contributed by atoms with Gasteiger partial charge in [-0.2, -0.15) is 0 Å². The van der Waals surface area contributed by atoms with E-state index in [1.165, 1.54) is 12.4 Å². The summed E-state index contributed by atoms with van der Waals surface area (Å²) in [5.41, 5.74) is 3.84. The molecule has 0 saturated carbocycles. The van der Waals surface area contributed by atoms with Gasteiger partial charge in [0.2, 0.25) is 0 Å². The zero-order valence-corrected chi connectivity index (χ0v) is 24.0. The number of nitrogens with one attached hydrogen (secondary N) is 1. The normalized spacial score (nSPS) is 14.6. The Morgan fingerprint density at radius 2 is 2.00 bits per heavy atom. The zero-order chi connectivity index (χ0) is 28.8. The molecular formula is C33H32ClN5O2. The number of ketones is 1. The van der Waals surface area contributed by atoms with Crippen LogP contribution in [0.3, 0.4) is 0 Å². The molecule has 2 aromatic carbocycles. The summed E-state index contributed by atoms with van der Waals surface area (Å²) in [6.45, 7) is 8.23. The van der Waals surface area contributed by atoms with Gasteiger partial charge >= 0.3 is 0 Å². The van der Waals surface area contributed by atoms with Gasteiger partial charge < -0.3 is 15.0 Å². The Hall–Kier alpha value is -4.25. The Balaban J connectivity index is 1.42. The number of carbonyl (C=O) groups excluding carboxylic acids is 1. The zero-order valence-electron chi connectivity index (χ0n) is 23.3. The number of hydrogen-bond acceptors (Lipinski definition) is 7. The lowest BCUT2D eigenvalue weighted by molar-refractivity contribution is -0.114. The highest BCUT2D eigenvalue weighted by atomic mass is 35.5. The number of fused-ring (bicyclic) bond motifs is 1. The van der Waals surface area contributed by atoms with Crippen LogP contribution in [0.1, 0.15) is 36.6 Å². The molecule has 0 spiro atoms. The molecule has 5 rings (SSSR count). The minimum absolute atomic E-state index is 0.0632. The number of ether oxygens (including phenoxy) is 1. The van der Waals surface area contributed by atoms with Crippen LogP contribution in [0.25, 0.3) is 10.9 Å². The predicted octanol–water partition coefficient (Wildman–Crippen LogP) is 6.38. The number of allylic oxidation sites excluding steroid dienone is 1. The first-order chi connectivity index (χ1) is 19.8. The Labute approximate surface area is 245 Å². The van der Waals surface area contributed by atoms with Gasteiger partial charge in [-0.15, -0.1) is 0 Å². The minimum Gasteiger partial charge on any atom is -0.486 e. The standard InChI is InChI=1S/C33H32ClN5O2/c1-4-27(40)17-24-18-28-30(19-23(24)10-11-33(2)12-15-39(3)16-13-33)36-22-37-32(28)38-25-8-9-31(29(34)20-25)41-21-26-7-5-6-14-35-26/h4-9,14,18-20,22H,1,12-13,15-17,21H2,2-3H3,(H,36,37,38). The number of hydrogen-bond donors (Lipinski definition) is 1. The second kappa shape index (κ2) is 12.5. The van der Waals surface area contributed by atoms with E-state index in [2.05, 4.69) is 57.6 Å². The molecule has 0 atom stereocenters. The molecule has 0 bridgehead atoms. The monoisotopic (exact) mass is 565 g/mol. The molecule has 4 aromatic rings. The summed E-state index contributed by atoms with van der Waals surface area (Å²) in [5.74, 6) is 7.99. The number of pyridine rings is 1. The molecule has 8 heteroatoms. The van der Waals surface area contributed by atoms with Gasteiger partial charge in [-0.3, -0.25) is 9.78 Å². The number of carbonyl (C=O) groups is 1. The summed E-state index contributed by atoms with van der Waals surface area (Å²) in [6, 6.07) is 15.0. The number of halogens is 1.